The smallest absolute Gasteiger partial charge is 0.0182 e. The van der Waals surface area contributed by atoms with E-state index in [0.717, 1.165) is 5.56 Å². The maximum absolute atomic E-state index is 3.85. The van der Waals surface area contributed by atoms with Crippen LogP contribution in [0.5, 0.6) is 0 Å². The summed E-state index contributed by atoms with van der Waals surface area (Å²) in [4.78, 5) is 0. The summed E-state index contributed by atoms with van der Waals surface area (Å²) < 4.78 is 0. The predicted molar refractivity (Wildman–Crippen MR) is 85.7 cm³/mol. The minimum Gasteiger partial charge on any atom is -0.0984 e. The molecule has 0 aliphatic heterocycles. The molecule has 0 amide bonds. The Morgan fingerprint density at radius 2 is 1.53 bits per heavy atom. The molecule has 0 aliphatic rings. The molecule has 0 radical (unpaired) electrons. The number of hydrogen-bond acceptors (Lipinski definition) is 0. The van der Waals surface area contributed by atoms with Gasteiger partial charge in [-0.05, 0) is 23.6 Å². The first kappa shape index (κ1) is 13.1. The van der Waals surface area contributed by atoms with Crippen molar-refractivity contribution in [3.05, 3.63) is 89.5 Å². The molecule has 0 bridgehead atoms. The molecule has 0 N–H and O–H groups in total. The van der Waals surface area contributed by atoms with Gasteiger partial charge in [-0.2, -0.15) is 0 Å². The molecular weight excluding hydrogens is 228 g/mol. The molecule has 94 valence electrons. The van der Waals surface area contributed by atoms with E-state index in [1.165, 1.54) is 16.7 Å². The molecule has 0 saturated carbocycles. The van der Waals surface area contributed by atoms with Crippen molar-refractivity contribution < 1.29 is 0 Å². The van der Waals surface area contributed by atoms with Gasteiger partial charge in [0.15, 0.2) is 0 Å². The third-order valence-corrected chi connectivity index (χ3v) is 2.94. The van der Waals surface area contributed by atoms with Crippen LogP contribution >= 0.6 is 0 Å². The van der Waals surface area contributed by atoms with E-state index < -0.39 is 0 Å². The van der Waals surface area contributed by atoms with E-state index >= 15 is 0 Å². The molecule has 0 aliphatic carbocycles. The Bertz CT molecular complexity index is 601. The van der Waals surface area contributed by atoms with Crippen LogP contribution in [0.25, 0.3) is 18.2 Å². The quantitative estimate of drug-likeness (QED) is 0.629. The van der Waals surface area contributed by atoms with Crippen molar-refractivity contribution in [3.8, 4) is 0 Å². The molecule has 0 aromatic heterocycles. The van der Waals surface area contributed by atoms with Crippen molar-refractivity contribution in [2.45, 2.75) is 6.92 Å². The number of hydrogen-bond donors (Lipinski definition) is 0. The fourth-order valence-corrected chi connectivity index (χ4v) is 1.91. The van der Waals surface area contributed by atoms with Crippen LogP contribution < -0.4 is 0 Å². The molecule has 0 heteroatoms. The summed E-state index contributed by atoms with van der Waals surface area (Å²) in [6.07, 6.45) is 8.33. The van der Waals surface area contributed by atoms with Crippen molar-refractivity contribution >= 4 is 18.2 Å². The van der Waals surface area contributed by atoms with E-state index in [0.29, 0.717) is 0 Å². The zero-order valence-corrected chi connectivity index (χ0v) is 11.2. The standard InChI is InChI=1S/C19H18/c1-3-18-11-7-8-12-19(18)15-16(2)13-14-17-9-5-4-6-10-17/h3-15H,1H2,2H3. The minimum atomic E-state index is 1.16. The predicted octanol–water partition coefficient (Wildman–Crippen LogP) is 5.45. The van der Waals surface area contributed by atoms with Gasteiger partial charge in [0, 0.05) is 0 Å². The van der Waals surface area contributed by atoms with Gasteiger partial charge in [-0.15, -0.1) is 0 Å². The maximum Gasteiger partial charge on any atom is -0.0182 e. The molecule has 0 spiro atoms. The molecule has 0 fully saturated rings. The normalized spacial score (nSPS) is 11.7. The lowest BCUT2D eigenvalue weighted by atomic mass is 10.0. The highest BCUT2D eigenvalue weighted by Gasteiger charge is 1.94. The van der Waals surface area contributed by atoms with Crippen LogP contribution in [0.1, 0.15) is 23.6 Å². The first-order valence-corrected chi connectivity index (χ1v) is 6.42. The van der Waals surface area contributed by atoms with Crippen LogP contribution in [-0.2, 0) is 0 Å². The second kappa shape index (κ2) is 6.55. The second-order valence-electron chi connectivity index (χ2n) is 4.47. The lowest BCUT2D eigenvalue weighted by Gasteiger charge is -2.01. The van der Waals surface area contributed by atoms with Gasteiger partial charge in [0.1, 0.15) is 0 Å². The first-order chi connectivity index (χ1) is 9.29. The van der Waals surface area contributed by atoms with Crippen LogP contribution in [0.2, 0.25) is 0 Å². The third-order valence-electron chi connectivity index (χ3n) is 2.94. The fourth-order valence-electron chi connectivity index (χ4n) is 1.91. The van der Waals surface area contributed by atoms with Gasteiger partial charge >= 0.3 is 0 Å². The zero-order valence-electron chi connectivity index (χ0n) is 11.2. The Hall–Kier alpha value is -2.34. The molecule has 2 aromatic rings. The Balaban J connectivity index is 2.20. The largest absolute Gasteiger partial charge is 0.0984 e. The second-order valence-corrected chi connectivity index (χ2v) is 4.47. The Morgan fingerprint density at radius 3 is 2.21 bits per heavy atom. The average molecular weight is 246 g/mol. The van der Waals surface area contributed by atoms with E-state index in [1.807, 2.05) is 36.4 Å². The topological polar surface area (TPSA) is 0 Å². The highest BCUT2D eigenvalue weighted by Crippen LogP contribution is 2.15. The maximum atomic E-state index is 3.85. The molecule has 2 aromatic carbocycles. The summed E-state index contributed by atoms with van der Waals surface area (Å²) in [6.45, 7) is 5.96. The van der Waals surface area contributed by atoms with Crippen molar-refractivity contribution in [1.82, 2.24) is 0 Å². The highest BCUT2D eigenvalue weighted by molar-refractivity contribution is 5.68. The Morgan fingerprint density at radius 1 is 0.895 bits per heavy atom. The van der Waals surface area contributed by atoms with E-state index in [1.54, 1.807) is 0 Å². The van der Waals surface area contributed by atoms with Gasteiger partial charge in [-0.3, -0.25) is 0 Å². The number of rotatable bonds is 4. The average Bonchev–Trinajstić information content (AvgIpc) is 2.47. The molecular formula is C19H18. The number of benzene rings is 2. The van der Waals surface area contributed by atoms with Gasteiger partial charge in [0.2, 0.25) is 0 Å². The van der Waals surface area contributed by atoms with Crippen LogP contribution in [0, 0.1) is 0 Å². The van der Waals surface area contributed by atoms with Crippen LogP contribution in [0.4, 0.5) is 0 Å². The molecule has 0 atom stereocenters. The summed E-state index contributed by atoms with van der Waals surface area (Å²) >= 11 is 0. The van der Waals surface area contributed by atoms with Crippen LogP contribution in [0.3, 0.4) is 0 Å². The summed E-state index contributed by atoms with van der Waals surface area (Å²) in [5.41, 5.74) is 4.80. The van der Waals surface area contributed by atoms with E-state index in [2.05, 4.69) is 56.0 Å². The van der Waals surface area contributed by atoms with Gasteiger partial charge in [0.25, 0.3) is 0 Å². The summed E-state index contributed by atoms with van der Waals surface area (Å²) in [5.74, 6) is 0. The van der Waals surface area contributed by atoms with Crippen LogP contribution in [0.15, 0.2) is 72.8 Å². The molecule has 0 saturated heterocycles. The molecule has 2 rings (SSSR count). The Kier molecular flexibility index (Phi) is 4.52. The van der Waals surface area contributed by atoms with Gasteiger partial charge in [-0.25, -0.2) is 0 Å². The SMILES string of the molecule is C=Cc1ccccc1C=C(C)C=Cc1ccccc1. The lowest BCUT2D eigenvalue weighted by molar-refractivity contribution is 1.53. The third kappa shape index (κ3) is 3.82. The molecule has 0 unspecified atom stereocenters. The van der Waals surface area contributed by atoms with Crippen LogP contribution in [-0.4, -0.2) is 0 Å². The van der Waals surface area contributed by atoms with E-state index in [9.17, 15) is 0 Å². The van der Waals surface area contributed by atoms with Crippen molar-refractivity contribution in [3.63, 3.8) is 0 Å². The van der Waals surface area contributed by atoms with Gasteiger partial charge in [-0.1, -0.05) is 91.1 Å². The highest BCUT2D eigenvalue weighted by atomic mass is 14.0. The fraction of sp³-hybridized carbons (Fsp3) is 0.0526. The lowest BCUT2D eigenvalue weighted by Crippen LogP contribution is -1.80. The van der Waals surface area contributed by atoms with Crippen molar-refractivity contribution in [1.29, 1.82) is 0 Å². The first-order valence-electron chi connectivity index (χ1n) is 6.42. The summed E-state index contributed by atoms with van der Waals surface area (Å²) in [5, 5.41) is 0. The number of allylic oxidation sites excluding steroid dienone is 2. The zero-order chi connectivity index (χ0) is 13.5. The van der Waals surface area contributed by atoms with Crippen molar-refractivity contribution in [2.24, 2.45) is 0 Å². The van der Waals surface area contributed by atoms with Gasteiger partial charge < -0.3 is 0 Å². The van der Waals surface area contributed by atoms with E-state index in [-0.39, 0.29) is 0 Å². The molecule has 19 heavy (non-hydrogen) atoms. The molecule has 0 heterocycles. The van der Waals surface area contributed by atoms with Gasteiger partial charge in [0.05, 0.1) is 0 Å². The van der Waals surface area contributed by atoms with E-state index in [4.69, 9.17) is 0 Å². The monoisotopic (exact) mass is 246 g/mol. The summed E-state index contributed by atoms with van der Waals surface area (Å²) in [6, 6.07) is 18.6. The Labute approximate surface area is 115 Å². The summed E-state index contributed by atoms with van der Waals surface area (Å²) in [7, 11) is 0. The minimum absolute atomic E-state index is 1.16. The molecule has 0 nitrogen and oxygen atoms in total. The van der Waals surface area contributed by atoms with Crippen molar-refractivity contribution in [2.75, 3.05) is 0 Å².